The molecule has 4 rings (SSSR count). The summed E-state index contributed by atoms with van der Waals surface area (Å²) in [5.41, 5.74) is 1.95. The van der Waals surface area contributed by atoms with Crippen LogP contribution in [-0.4, -0.2) is 38.3 Å². The molecule has 146 valence electrons. The van der Waals surface area contributed by atoms with Gasteiger partial charge in [0.2, 0.25) is 5.95 Å². The Labute approximate surface area is 168 Å². The van der Waals surface area contributed by atoms with Gasteiger partial charge < -0.3 is 15.5 Å². The first-order valence-corrected chi connectivity index (χ1v) is 10.3. The molecule has 7 heteroatoms. The third-order valence-corrected chi connectivity index (χ3v) is 6.44. The predicted octanol–water partition coefficient (Wildman–Crippen LogP) is 4.17. The zero-order valence-corrected chi connectivity index (χ0v) is 16.5. The number of hydrogen-bond donors (Lipinski definition) is 2. The van der Waals surface area contributed by atoms with Crippen LogP contribution in [0.4, 0.5) is 15.8 Å². The lowest BCUT2D eigenvalue weighted by molar-refractivity contribution is 0.103. The first-order chi connectivity index (χ1) is 13.6. The number of allylic oxidation sites excluding steroid dienone is 1. The molecule has 2 unspecified atom stereocenters. The number of hydrogen-bond acceptors (Lipinski definition) is 5. The third kappa shape index (κ3) is 4.15. The number of halogens is 1. The van der Waals surface area contributed by atoms with Crippen molar-refractivity contribution in [2.45, 2.75) is 24.8 Å². The minimum atomic E-state index is -0.440. The Hall–Kier alpha value is -2.51. The van der Waals surface area contributed by atoms with E-state index in [1.54, 1.807) is 6.21 Å². The molecule has 1 saturated heterocycles. The van der Waals surface area contributed by atoms with Crippen LogP contribution in [0.3, 0.4) is 0 Å². The highest BCUT2D eigenvalue weighted by molar-refractivity contribution is 7.14. The fourth-order valence-corrected chi connectivity index (χ4v) is 4.52. The maximum atomic E-state index is 13.0. The van der Waals surface area contributed by atoms with Crippen LogP contribution >= 0.6 is 11.3 Å². The van der Waals surface area contributed by atoms with Gasteiger partial charge in [0.15, 0.2) is 0 Å². The molecular weight excluding hydrogens is 375 g/mol. The molecule has 0 saturated carbocycles. The van der Waals surface area contributed by atoms with Gasteiger partial charge in [-0.25, -0.2) is 4.99 Å². The maximum absolute atomic E-state index is 13.0. The van der Waals surface area contributed by atoms with Crippen LogP contribution in [0.2, 0.25) is 0 Å². The Balaban J connectivity index is 1.37. The fraction of sp³-hybridized carbons (Fsp3) is 0.333. The molecule has 2 aliphatic rings. The van der Waals surface area contributed by atoms with Gasteiger partial charge in [-0.1, -0.05) is 0 Å². The van der Waals surface area contributed by atoms with E-state index in [1.807, 2.05) is 43.4 Å². The smallest absolute Gasteiger partial charge is 0.265 e. The van der Waals surface area contributed by atoms with Gasteiger partial charge in [0.05, 0.1) is 4.88 Å². The number of rotatable bonds is 5. The molecule has 5 nitrogen and oxygen atoms in total. The number of likely N-dealkylation sites (N-methyl/N-ethyl adjacent to an activating group) is 1. The summed E-state index contributed by atoms with van der Waals surface area (Å²) < 4.78 is 13.0. The number of amides is 1. The second-order valence-electron chi connectivity index (χ2n) is 7.07. The normalized spacial score (nSPS) is 21.6. The maximum Gasteiger partial charge on any atom is 0.265 e. The molecule has 2 atom stereocenters. The summed E-state index contributed by atoms with van der Waals surface area (Å²) in [6.45, 7) is 2.04. The number of carbonyl (C=O) groups excluding carboxylic acids is 1. The highest BCUT2D eigenvalue weighted by Gasteiger charge is 2.21. The number of nitrogens with zero attached hydrogens (tertiary/aromatic N) is 2. The Morgan fingerprint density at radius 2 is 2.07 bits per heavy atom. The molecule has 0 radical (unpaired) electrons. The van der Waals surface area contributed by atoms with Crippen LogP contribution in [-0.2, 0) is 0 Å². The summed E-state index contributed by atoms with van der Waals surface area (Å²) >= 11 is 1.42. The average molecular weight is 399 g/mol. The number of aliphatic imine (C=N–C) groups is 1. The molecule has 28 heavy (non-hydrogen) atoms. The van der Waals surface area contributed by atoms with Gasteiger partial charge in [0.1, 0.15) is 0 Å². The fourth-order valence-electron chi connectivity index (χ4n) is 3.54. The largest absolute Gasteiger partial charge is 0.370 e. The van der Waals surface area contributed by atoms with E-state index < -0.39 is 5.95 Å². The molecule has 1 amide bonds. The average Bonchev–Trinajstić information content (AvgIpc) is 3.39. The van der Waals surface area contributed by atoms with Crippen LogP contribution < -0.4 is 15.5 Å². The van der Waals surface area contributed by atoms with Crippen LogP contribution in [0.15, 0.2) is 53.4 Å². The summed E-state index contributed by atoms with van der Waals surface area (Å²) in [5.74, 6) is -0.535. The van der Waals surface area contributed by atoms with Gasteiger partial charge in [-0.15, -0.1) is 11.3 Å². The highest BCUT2D eigenvalue weighted by Crippen LogP contribution is 2.30. The third-order valence-electron chi connectivity index (χ3n) is 5.22. The van der Waals surface area contributed by atoms with E-state index in [2.05, 4.69) is 20.5 Å². The molecule has 2 N–H and O–H groups in total. The molecule has 3 heterocycles. The van der Waals surface area contributed by atoms with Gasteiger partial charge in [-0.3, -0.25) is 4.79 Å². The molecule has 2 aromatic rings. The van der Waals surface area contributed by atoms with E-state index in [1.165, 1.54) is 23.1 Å². The lowest BCUT2D eigenvalue weighted by Crippen LogP contribution is -2.29. The van der Waals surface area contributed by atoms with E-state index in [4.69, 9.17) is 0 Å². The summed E-state index contributed by atoms with van der Waals surface area (Å²) in [5, 5.41) is 6.27. The minimum Gasteiger partial charge on any atom is -0.370 e. The number of anilines is 2. The number of thiophene rings is 1. The zero-order valence-electron chi connectivity index (χ0n) is 15.7. The molecule has 2 aliphatic heterocycles. The SMILES string of the molecule is CNC1CCN(c2ccc(NC(=O)c3ccc(C4C=NC(F)=CC4)s3)cc2)C1. The van der Waals surface area contributed by atoms with Crippen molar-refractivity contribution in [3.63, 3.8) is 0 Å². The van der Waals surface area contributed by atoms with Crippen molar-refractivity contribution in [1.29, 1.82) is 0 Å². The minimum absolute atomic E-state index is 0.0345. The van der Waals surface area contributed by atoms with Crippen molar-refractivity contribution < 1.29 is 9.18 Å². The molecule has 0 aliphatic carbocycles. The van der Waals surface area contributed by atoms with Gasteiger partial charge in [0.25, 0.3) is 5.91 Å². The molecule has 0 spiro atoms. The van der Waals surface area contributed by atoms with Crippen molar-refractivity contribution in [2.24, 2.45) is 4.99 Å². The van der Waals surface area contributed by atoms with Crippen LogP contribution in [0, 0.1) is 0 Å². The Morgan fingerprint density at radius 1 is 1.25 bits per heavy atom. The molecule has 0 bridgehead atoms. The summed E-state index contributed by atoms with van der Waals surface area (Å²) in [6, 6.07) is 12.2. The van der Waals surface area contributed by atoms with Gasteiger partial charge in [-0.05, 0) is 62.4 Å². The second kappa shape index (κ2) is 8.24. The zero-order chi connectivity index (χ0) is 19.5. The van der Waals surface area contributed by atoms with Crippen LogP contribution in [0.25, 0.3) is 0 Å². The van der Waals surface area contributed by atoms with E-state index in [9.17, 15) is 9.18 Å². The molecule has 1 aromatic heterocycles. The van der Waals surface area contributed by atoms with E-state index in [-0.39, 0.29) is 11.8 Å². The lowest BCUT2D eigenvalue weighted by atomic mass is 10.0. The van der Waals surface area contributed by atoms with Crippen molar-refractivity contribution in [1.82, 2.24) is 5.32 Å². The Kier molecular flexibility index (Phi) is 5.54. The Bertz CT molecular complexity index is 905. The van der Waals surface area contributed by atoms with Crippen LogP contribution in [0.5, 0.6) is 0 Å². The summed E-state index contributed by atoms with van der Waals surface area (Å²) in [7, 11) is 2.00. The number of nitrogens with one attached hydrogen (secondary N) is 2. The molecule has 1 aromatic carbocycles. The topological polar surface area (TPSA) is 56.7 Å². The van der Waals surface area contributed by atoms with Gasteiger partial charge in [0, 0.05) is 47.5 Å². The monoisotopic (exact) mass is 398 g/mol. The molecular formula is C21H23FN4OS. The summed E-state index contributed by atoms with van der Waals surface area (Å²) in [4.78, 5) is 20.3. The standard InChI is InChI=1S/C21H23FN4OS/c1-23-16-10-11-26(13-16)17-5-3-15(4-6-17)25-21(27)19-8-7-18(28-19)14-2-9-20(22)24-12-14/h3-9,12,14,16,23H,2,10-11,13H2,1H3,(H,25,27). The lowest BCUT2D eigenvalue weighted by Gasteiger charge is -2.19. The van der Waals surface area contributed by atoms with Crippen molar-refractivity contribution in [3.05, 3.63) is 58.2 Å². The van der Waals surface area contributed by atoms with Crippen molar-refractivity contribution in [2.75, 3.05) is 30.4 Å². The van der Waals surface area contributed by atoms with E-state index in [0.29, 0.717) is 17.3 Å². The molecule has 1 fully saturated rings. The van der Waals surface area contributed by atoms with Crippen molar-refractivity contribution >= 4 is 34.8 Å². The first-order valence-electron chi connectivity index (χ1n) is 9.45. The number of benzene rings is 1. The second-order valence-corrected chi connectivity index (χ2v) is 8.19. The predicted molar refractivity (Wildman–Crippen MR) is 113 cm³/mol. The van der Waals surface area contributed by atoms with Gasteiger partial charge >= 0.3 is 0 Å². The quantitative estimate of drug-likeness (QED) is 0.744. The highest BCUT2D eigenvalue weighted by atomic mass is 32.1. The first kappa shape index (κ1) is 18.8. The van der Waals surface area contributed by atoms with E-state index in [0.717, 1.165) is 30.1 Å². The number of carbonyl (C=O) groups is 1. The van der Waals surface area contributed by atoms with Crippen molar-refractivity contribution in [3.8, 4) is 0 Å². The van der Waals surface area contributed by atoms with E-state index >= 15 is 0 Å². The van der Waals surface area contributed by atoms with Crippen LogP contribution in [0.1, 0.15) is 33.3 Å². The summed E-state index contributed by atoms with van der Waals surface area (Å²) in [6.07, 6.45) is 4.80. The van der Waals surface area contributed by atoms with Gasteiger partial charge in [-0.2, -0.15) is 4.39 Å². The Morgan fingerprint density at radius 3 is 2.75 bits per heavy atom.